The molecule has 3 aliphatic rings. The van der Waals surface area contributed by atoms with Crippen molar-refractivity contribution in [1.82, 2.24) is 5.32 Å². The number of hydrogen-bond acceptors (Lipinski definition) is 4. The highest BCUT2D eigenvalue weighted by atomic mass is 32.2. The summed E-state index contributed by atoms with van der Waals surface area (Å²) in [6, 6.07) is 7.48. The minimum Gasteiger partial charge on any atom is -0.350 e. The lowest BCUT2D eigenvalue weighted by atomic mass is 9.77. The van der Waals surface area contributed by atoms with E-state index in [2.05, 4.69) is 35.8 Å². The summed E-state index contributed by atoms with van der Waals surface area (Å²) in [5.41, 5.74) is 1.39. The first-order chi connectivity index (χ1) is 17.4. The molecule has 5 heteroatoms. The Kier molecular flexibility index (Phi) is 10.7. The number of rotatable bonds is 4. The van der Waals surface area contributed by atoms with Crippen LogP contribution in [0.15, 0.2) is 24.3 Å². The Hall–Kier alpha value is -0.940. The normalized spacial score (nSPS) is 32.2. The molecule has 1 aromatic carbocycles. The van der Waals surface area contributed by atoms with E-state index in [1.54, 1.807) is 0 Å². The molecule has 1 heterocycles. The monoisotopic (exact) mass is 529 g/mol. The SMILES string of the molecule is CC(C)NC(=O)c1ccc(C(=O)C2CS[C@@H]3CCC[C@H](CCC[C@@H](C)[C@@H]4CCC[C@@H](C4)SC2)C3)cc1. The molecule has 1 unspecified atom stereocenters. The second-order valence-corrected chi connectivity index (χ2v) is 14.7. The van der Waals surface area contributed by atoms with E-state index >= 15 is 0 Å². The zero-order valence-corrected chi connectivity index (χ0v) is 24.3. The molecule has 1 aromatic rings. The average Bonchev–Trinajstić information content (AvgIpc) is 2.88. The van der Waals surface area contributed by atoms with Crippen molar-refractivity contribution in [2.45, 2.75) is 108 Å². The Morgan fingerprint density at radius 3 is 2.06 bits per heavy atom. The van der Waals surface area contributed by atoms with Crippen LogP contribution < -0.4 is 5.32 Å². The maximum Gasteiger partial charge on any atom is 0.251 e. The van der Waals surface area contributed by atoms with Crippen molar-refractivity contribution in [2.24, 2.45) is 23.7 Å². The highest BCUT2D eigenvalue weighted by molar-refractivity contribution is 8.00. The lowest BCUT2D eigenvalue weighted by Crippen LogP contribution is -2.30. The summed E-state index contributed by atoms with van der Waals surface area (Å²) in [7, 11) is 0. The fraction of sp³-hybridized carbons (Fsp3) is 0.742. The largest absolute Gasteiger partial charge is 0.350 e. The molecule has 0 radical (unpaired) electrons. The molecule has 1 amide bonds. The summed E-state index contributed by atoms with van der Waals surface area (Å²) >= 11 is 4.16. The molecule has 6 atom stereocenters. The predicted molar refractivity (Wildman–Crippen MR) is 156 cm³/mol. The molecule has 200 valence electrons. The van der Waals surface area contributed by atoms with Crippen molar-refractivity contribution in [3.63, 3.8) is 0 Å². The van der Waals surface area contributed by atoms with Crippen LogP contribution in [0.3, 0.4) is 0 Å². The quantitative estimate of drug-likeness (QED) is 0.401. The molecule has 4 rings (SSSR count). The smallest absolute Gasteiger partial charge is 0.251 e. The lowest BCUT2D eigenvalue weighted by Gasteiger charge is -2.33. The molecule has 36 heavy (non-hydrogen) atoms. The second-order valence-electron chi connectivity index (χ2n) is 12.0. The maximum atomic E-state index is 13.7. The van der Waals surface area contributed by atoms with Crippen LogP contribution in [0.25, 0.3) is 0 Å². The van der Waals surface area contributed by atoms with Crippen LogP contribution in [0.5, 0.6) is 0 Å². The third-order valence-corrected chi connectivity index (χ3v) is 11.8. The average molecular weight is 530 g/mol. The lowest BCUT2D eigenvalue weighted by molar-refractivity contribution is 0.0932. The third-order valence-electron chi connectivity index (χ3n) is 8.77. The van der Waals surface area contributed by atoms with Crippen molar-refractivity contribution in [3.8, 4) is 0 Å². The first-order valence-corrected chi connectivity index (χ1v) is 16.7. The van der Waals surface area contributed by atoms with E-state index in [1.165, 1.54) is 70.6 Å². The van der Waals surface area contributed by atoms with Gasteiger partial charge in [-0.05, 0) is 69.4 Å². The van der Waals surface area contributed by atoms with Gasteiger partial charge in [0, 0.05) is 45.1 Å². The van der Waals surface area contributed by atoms with Crippen LogP contribution >= 0.6 is 23.5 Å². The fourth-order valence-corrected chi connectivity index (χ4v) is 9.69. The number of thioether (sulfide) groups is 2. The molecule has 0 aromatic heterocycles. The molecule has 3 nitrogen and oxygen atoms in total. The number of nitrogens with one attached hydrogen (secondary N) is 1. The van der Waals surface area contributed by atoms with Crippen molar-refractivity contribution >= 4 is 35.2 Å². The molecule has 1 saturated heterocycles. The van der Waals surface area contributed by atoms with Crippen molar-refractivity contribution < 1.29 is 9.59 Å². The Morgan fingerprint density at radius 1 is 0.806 bits per heavy atom. The Labute approximate surface area is 228 Å². The minimum absolute atomic E-state index is 0.0543. The molecule has 3 fully saturated rings. The molecule has 1 N–H and O–H groups in total. The molecule has 0 spiro atoms. The summed E-state index contributed by atoms with van der Waals surface area (Å²) in [4.78, 5) is 26.1. The van der Waals surface area contributed by atoms with Crippen molar-refractivity contribution in [3.05, 3.63) is 35.4 Å². The predicted octanol–water partition coefficient (Wildman–Crippen LogP) is 8.03. The standard InChI is InChI=1S/C31H47NO2S2/c1-21(2)32-31(34)25-15-13-24(14-16-25)30(33)27-19-35-28-11-5-9-23(17-28)8-4-7-22(3)26-10-6-12-29(18-26)36-20-27/h13-16,21-23,26-29H,4-12,17-20H2,1-3H3,(H,32,34)/t22-,23+,26-,27?,28-,29+/m1/s1. The zero-order valence-electron chi connectivity index (χ0n) is 22.7. The van der Waals surface area contributed by atoms with Gasteiger partial charge in [0.15, 0.2) is 5.78 Å². The number of fused-ring (bicyclic) bond motifs is 4. The van der Waals surface area contributed by atoms with Gasteiger partial charge in [0.25, 0.3) is 5.91 Å². The van der Waals surface area contributed by atoms with Gasteiger partial charge in [-0.1, -0.05) is 64.0 Å². The summed E-state index contributed by atoms with van der Waals surface area (Å²) in [5, 5.41) is 4.36. The van der Waals surface area contributed by atoms with Crippen molar-refractivity contribution in [1.29, 1.82) is 0 Å². The van der Waals surface area contributed by atoms with Gasteiger partial charge in [0.2, 0.25) is 0 Å². The van der Waals surface area contributed by atoms with Crippen LogP contribution in [0.1, 0.15) is 112 Å². The van der Waals surface area contributed by atoms with Gasteiger partial charge in [0.1, 0.15) is 0 Å². The molecule has 4 bridgehead atoms. The van der Waals surface area contributed by atoms with Gasteiger partial charge in [-0.25, -0.2) is 0 Å². The number of amides is 1. The third kappa shape index (κ3) is 8.03. The fourth-order valence-electron chi connectivity index (χ4n) is 6.54. The summed E-state index contributed by atoms with van der Waals surface area (Å²) in [6.07, 6.45) is 15.1. The van der Waals surface area contributed by atoms with E-state index < -0.39 is 0 Å². The molecular weight excluding hydrogens is 482 g/mol. The Balaban J connectivity index is 1.47. The summed E-state index contributed by atoms with van der Waals surface area (Å²) < 4.78 is 0. The highest BCUT2D eigenvalue weighted by Crippen LogP contribution is 2.41. The molecule has 1 aliphatic heterocycles. The van der Waals surface area contributed by atoms with E-state index in [0.717, 1.165) is 34.8 Å². The van der Waals surface area contributed by atoms with Crippen LogP contribution in [0.2, 0.25) is 0 Å². The van der Waals surface area contributed by atoms with Gasteiger partial charge in [-0.3, -0.25) is 9.59 Å². The first-order valence-electron chi connectivity index (χ1n) is 14.6. The van der Waals surface area contributed by atoms with E-state index in [1.807, 2.05) is 38.1 Å². The summed E-state index contributed by atoms with van der Waals surface area (Å²) in [5.74, 6) is 4.72. The Bertz CT molecular complexity index is 855. The van der Waals surface area contributed by atoms with Crippen LogP contribution in [0.4, 0.5) is 0 Å². The van der Waals surface area contributed by atoms with Crippen molar-refractivity contribution in [2.75, 3.05) is 11.5 Å². The number of carbonyl (C=O) groups is 2. The van der Waals surface area contributed by atoms with Gasteiger partial charge in [-0.2, -0.15) is 23.5 Å². The first kappa shape index (κ1) is 28.1. The molecular formula is C31H47NO2S2. The van der Waals surface area contributed by atoms with E-state index in [0.29, 0.717) is 16.1 Å². The number of hydrogen-bond donors (Lipinski definition) is 1. The Morgan fingerprint density at radius 2 is 1.39 bits per heavy atom. The molecule has 2 saturated carbocycles. The number of carbonyl (C=O) groups excluding carboxylic acids is 2. The number of ketones is 1. The van der Waals surface area contributed by atoms with Gasteiger partial charge in [0.05, 0.1) is 0 Å². The molecule has 2 aliphatic carbocycles. The van der Waals surface area contributed by atoms with Gasteiger partial charge in [-0.15, -0.1) is 0 Å². The van der Waals surface area contributed by atoms with E-state index in [9.17, 15) is 9.59 Å². The number of benzene rings is 1. The van der Waals surface area contributed by atoms with Gasteiger partial charge >= 0.3 is 0 Å². The number of Topliss-reactive ketones (excluding diaryl/α,β-unsaturated/α-hetero) is 1. The van der Waals surface area contributed by atoms with Crippen LogP contribution in [-0.4, -0.2) is 39.7 Å². The topological polar surface area (TPSA) is 46.2 Å². The van der Waals surface area contributed by atoms with Crippen LogP contribution in [0, 0.1) is 23.7 Å². The maximum absolute atomic E-state index is 13.7. The second kappa shape index (κ2) is 13.7. The highest BCUT2D eigenvalue weighted by Gasteiger charge is 2.31. The zero-order chi connectivity index (χ0) is 25.5. The minimum atomic E-state index is -0.0723. The van der Waals surface area contributed by atoms with Crippen LogP contribution in [-0.2, 0) is 0 Å². The van der Waals surface area contributed by atoms with E-state index in [-0.39, 0.29) is 23.7 Å². The summed E-state index contributed by atoms with van der Waals surface area (Å²) in [6.45, 7) is 6.43. The van der Waals surface area contributed by atoms with E-state index in [4.69, 9.17) is 0 Å². The van der Waals surface area contributed by atoms with Gasteiger partial charge < -0.3 is 5.32 Å².